The summed E-state index contributed by atoms with van der Waals surface area (Å²) in [6.45, 7) is 5.45. The third-order valence-electron chi connectivity index (χ3n) is 7.05. The van der Waals surface area contributed by atoms with Crippen LogP contribution in [-0.4, -0.2) is 48.2 Å². The summed E-state index contributed by atoms with van der Waals surface area (Å²) in [4.78, 5) is 15.6. The van der Waals surface area contributed by atoms with Gasteiger partial charge in [0.15, 0.2) is 0 Å². The average molecular weight is 534 g/mol. The zero-order valence-electron chi connectivity index (χ0n) is 22.2. The van der Waals surface area contributed by atoms with Gasteiger partial charge in [0.05, 0.1) is 16.8 Å². The van der Waals surface area contributed by atoms with Gasteiger partial charge in [-0.1, -0.05) is 12.1 Å². The second-order valence-corrected chi connectivity index (χ2v) is 10.6. The number of nitrogens with zero attached hydrogens (tertiary/aromatic N) is 2. The number of carbonyl (C=O) groups excluding carboxylic acids is 1. The number of aryl methyl sites for hydroxylation is 1. The number of amides is 1. The van der Waals surface area contributed by atoms with Crippen LogP contribution in [0.1, 0.15) is 41.4 Å². The molecule has 0 atom stereocenters. The van der Waals surface area contributed by atoms with Crippen molar-refractivity contribution in [2.45, 2.75) is 39.1 Å². The summed E-state index contributed by atoms with van der Waals surface area (Å²) in [5, 5.41) is 5.15. The van der Waals surface area contributed by atoms with E-state index in [1.54, 1.807) is 11.3 Å². The largest absolute Gasteiger partial charge is 0.490 e. The molecule has 2 aromatic heterocycles. The molecule has 0 spiro atoms. The lowest BCUT2D eigenvalue weighted by atomic mass is 10.1. The molecule has 1 saturated heterocycles. The Balaban J connectivity index is 1.29. The van der Waals surface area contributed by atoms with Crippen LogP contribution >= 0.6 is 11.3 Å². The standard InChI is InChI=1S/C30H35N3O4S/c1-4-35-19-21-6-5-7-26(31-30(34)28-18-29-27(33(28)3)14-17-38-29)25(21)20-36-22-8-10-23(11-9-22)37-24-12-15-32(2)16-13-24/h5-11,14,17-18,24H,4,12-13,15-16,19-20H2,1-3H3,(H,31,34). The molecule has 38 heavy (non-hydrogen) atoms. The van der Waals surface area contributed by atoms with E-state index in [2.05, 4.69) is 17.3 Å². The number of thiophene rings is 1. The minimum atomic E-state index is -0.152. The number of likely N-dealkylation sites (tertiary alicyclic amines) is 1. The maximum atomic E-state index is 13.3. The van der Waals surface area contributed by atoms with Crippen LogP contribution in [0.4, 0.5) is 5.69 Å². The van der Waals surface area contributed by atoms with Crippen LogP contribution in [0, 0.1) is 0 Å². The third kappa shape index (κ3) is 6.04. The normalized spacial score (nSPS) is 14.6. The molecule has 1 aliphatic rings. The number of benzene rings is 2. The number of nitrogens with one attached hydrogen (secondary N) is 1. The number of piperidine rings is 1. The van der Waals surface area contributed by atoms with Crippen LogP contribution in [0.2, 0.25) is 0 Å². The predicted molar refractivity (Wildman–Crippen MR) is 152 cm³/mol. The quantitative estimate of drug-likeness (QED) is 0.268. The van der Waals surface area contributed by atoms with Gasteiger partial charge in [-0.25, -0.2) is 0 Å². The first kappa shape index (κ1) is 26.3. The highest BCUT2D eigenvalue weighted by Crippen LogP contribution is 2.28. The molecule has 1 amide bonds. The van der Waals surface area contributed by atoms with Gasteiger partial charge in [0.1, 0.15) is 29.9 Å². The van der Waals surface area contributed by atoms with E-state index in [1.807, 2.05) is 78.5 Å². The average Bonchev–Trinajstić information content (AvgIpc) is 3.52. The molecule has 0 saturated carbocycles. The number of hydrogen-bond acceptors (Lipinski definition) is 6. The highest BCUT2D eigenvalue weighted by Gasteiger charge is 2.19. The molecule has 4 aromatic rings. The Morgan fingerprint density at radius 2 is 1.79 bits per heavy atom. The summed E-state index contributed by atoms with van der Waals surface area (Å²) < 4.78 is 21.1. The van der Waals surface area contributed by atoms with Gasteiger partial charge in [0.25, 0.3) is 5.91 Å². The monoisotopic (exact) mass is 533 g/mol. The molecule has 1 aliphatic heterocycles. The molecule has 0 bridgehead atoms. The molecule has 2 aromatic carbocycles. The number of fused-ring (bicyclic) bond motifs is 1. The van der Waals surface area contributed by atoms with Crippen molar-refractivity contribution in [3.63, 3.8) is 0 Å². The highest BCUT2D eigenvalue weighted by atomic mass is 32.1. The Kier molecular flexibility index (Phi) is 8.32. The number of hydrogen-bond donors (Lipinski definition) is 1. The molecule has 8 heteroatoms. The summed E-state index contributed by atoms with van der Waals surface area (Å²) in [7, 11) is 4.06. The minimum Gasteiger partial charge on any atom is -0.490 e. The molecule has 0 unspecified atom stereocenters. The van der Waals surface area contributed by atoms with Crippen molar-refractivity contribution in [3.05, 3.63) is 76.8 Å². The fraction of sp³-hybridized carbons (Fsp3) is 0.367. The lowest BCUT2D eigenvalue weighted by Gasteiger charge is -2.29. The van der Waals surface area contributed by atoms with E-state index >= 15 is 0 Å². The molecule has 3 heterocycles. The number of carbonyl (C=O) groups is 1. The molecular weight excluding hydrogens is 498 g/mol. The Morgan fingerprint density at radius 1 is 1.03 bits per heavy atom. The number of ether oxygens (including phenoxy) is 3. The van der Waals surface area contributed by atoms with Crippen molar-refractivity contribution in [3.8, 4) is 11.5 Å². The van der Waals surface area contributed by atoms with E-state index in [1.165, 1.54) is 0 Å². The Hall–Kier alpha value is -3.33. The number of anilines is 1. The molecule has 1 fully saturated rings. The van der Waals surface area contributed by atoms with E-state index < -0.39 is 0 Å². The summed E-state index contributed by atoms with van der Waals surface area (Å²) in [6, 6.07) is 17.6. The van der Waals surface area contributed by atoms with Gasteiger partial charge in [-0.3, -0.25) is 4.79 Å². The Labute approximate surface area is 227 Å². The summed E-state index contributed by atoms with van der Waals surface area (Å²) >= 11 is 1.63. The SMILES string of the molecule is CCOCc1cccc(NC(=O)c2cc3sccc3n2C)c1COc1ccc(OC2CCN(C)CC2)cc1. The van der Waals surface area contributed by atoms with Gasteiger partial charge < -0.3 is 29.0 Å². The number of rotatable bonds is 10. The third-order valence-corrected chi connectivity index (χ3v) is 7.91. The Bertz CT molecular complexity index is 1370. The van der Waals surface area contributed by atoms with E-state index in [9.17, 15) is 4.79 Å². The van der Waals surface area contributed by atoms with Crippen LogP contribution in [-0.2, 0) is 25.0 Å². The van der Waals surface area contributed by atoms with Gasteiger partial charge in [0.2, 0.25) is 0 Å². The molecule has 0 radical (unpaired) electrons. The molecular formula is C30H35N3O4S. The summed E-state index contributed by atoms with van der Waals surface area (Å²) in [5.41, 5.74) is 4.28. The van der Waals surface area contributed by atoms with Crippen molar-refractivity contribution >= 4 is 33.1 Å². The van der Waals surface area contributed by atoms with Gasteiger partial charge in [-0.15, -0.1) is 11.3 Å². The highest BCUT2D eigenvalue weighted by molar-refractivity contribution is 7.17. The molecule has 7 nitrogen and oxygen atoms in total. The smallest absolute Gasteiger partial charge is 0.272 e. The second-order valence-electron chi connectivity index (χ2n) is 9.67. The van der Waals surface area contributed by atoms with Crippen molar-refractivity contribution in [2.75, 3.05) is 32.1 Å². The molecule has 5 rings (SSSR count). The minimum absolute atomic E-state index is 0.152. The van der Waals surface area contributed by atoms with Crippen molar-refractivity contribution in [1.82, 2.24) is 9.47 Å². The van der Waals surface area contributed by atoms with Crippen LogP contribution in [0.15, 0.2) is 60.0 Å². The summed E-state index contributed by atoms with van der Waals surface area (Å²) in [6.07, 6.45) is 2.34. The second kappa shape index (κ2) is 12.0. The maximum Gasteiger partial charge on any atom is 0.272 e. The van der Waals surface area contributed by atoms with Crippen LogP contribution in [0.3, 0.4) is 0 Å². The van der Waals surface area contributed by atoms with Crippen LogP contribution in [0.25, 0.3) is 10.2 Å². The van der Waals surface area contributed by atoms with E-state index in [-0.39, 0.29) is 12.0 Å². The molecule has 0 aliphatic carbocycles. The fourth-order valence-electron chi connectivity index (χ4n) is 4.79. The first-order valence-corrected chi connectivity index (χ1v) is 14.0. The van der Waals surface area contributed by atoms with Gasteiger partial charge >= 0.3 is 0 Å². The zero-order chi connectivity index (χ0) is 26.5. The summed E-state index contributed by atoms with van der Waals surface area (Å²) in [5.74, 6) is 1.45. The lowest BCUT2D eigenvalue weighted by molar-refractivity contribution is 0.101. The lowest BCUT2D eigenvalue weighted by Crippen LogP contribution is -2.35. The van der Waals surface area contributed by atoms with E-state index in [0.717, 1.165) is 64.5 Å². The number of aromatic nitrogens is 1. The Morgan fingerprint density at radius 3 is 2.53 bits per heavy atom. The van der Waals surface area contributed by atoms with Crippen LogP contribution < -0.4 is 14.8 Å². The molecule has 1 N–H and O–H groups in total. The van der Waals surface area contributed by atoms with Crippen molar-refractivity contribution in [1.29, 1.82) is 0 Å². The predicted octanol–water partition coefficient (Wildman–Crippen LogP) is 6.08. The molecule has 200 valence electrons. The van der Waals surface area contributed by atoms with Crippen molar-refractivity contribution < 1.29 is 19.0 Å². The maximum absolute atomic E-state index is 13.3. The van der Waals surface area contributed by atoms with Gasteiger partial charge in [-0.2, -0.15) is 0 Å². The zero-order valence-corrected chi connectivity index (χ0v) is 23.1. The van der Waals surface area contributed by atoms with Crippen LogP contribution in [0.5, 0.6) is 11.5 Å². The first-order valence-electron chi connectivity index (χ1n) is 13.1. The fourth-order valence-corrected chi connectivity index (χ4v) is 5.64. The first-order chi connectivity index (χ1) is 18.5. The van der Waals surface area contributed by atoms with Gasteiger partial charge in [-0.05, 0) is 80.2 Å². The topological polar surface area (TPSA) is 65.0 Å². The van der Waals surface area contributed by atoms with Gasteiger partial charge in [0, 0.05) is 38.0 Å². The van der Waals surface area contributed by atoms with E-state index in [0.29, 0.717) is 25.5 Å². The van der Waals surface area contributed by atoms with Crippen molar-refractivity contribution in [2.24, 2.45) is 7.05 Å². The van der Waals surface area contributed by atoms with E-state index in [4.69, 9.17) is 14.2 Å².